The maximum Gasteiger partial charge on any atom is 0.254 e. The molecule has 6 heteroatoms. The van der Waals surface area contributed by atoms with Crippen LogP contribution in [-0.2, 0) is 0 Å². The second-order valence-electron chi connectivity index (χ2n) is 4.14. The number of aromatic nitrogens is 4. The van der Waals surface area contributed by atoms with Crippen molar-refractivity contribution in [2.45, 2.75) is 32.7 Å². The molecule has 92 valence electrons. The Morgan fingerprint density at radius 1 is 1.53 bits per heavy atom. The molecule has 0 aliphatic carbocycles. The Bertz CT molecular complexity index is 492. The number of nitrogens with one attached hydrogen (secondary N) is 1. The highest BCUT2D eigenvalue weighted by Gasteiger charge is 2.05. The standard InChI is InChI=1S/C11H18N6/c1-3-9(12)4-5-13-10-6-8(2)16-11-14-7-15-17(10)11/h6-7,9,13H,3-5,12H2,1-2H3. The SMILES string of the molecule is CCC(N)CCNc1cc(C)nc2ncnn12. The molecule has 0 amide bonds. The number of hydrogen-bond acceptors (Lipinski definition) is 5. The van der Waals surface area contributed by atoms with E-state index >= 15 is 0 Å². The molecule has 2 rings (SSSR count). The minimum absolute atomic E-state index is 0.247. The summed E-state index contributed by atoms with van der Waals surface area (Å²) in [6, 6.07) is 2.20. The minimum atomic E-state index is 0.247. The average molecular weight is 234 g/mol. The van der Waals surface area contributed by atoms with Crippen molar-refractivity contribution in [2.24, 2.45) is 5.73 Å². The number of hydrogen-bond donors (Lipinski definition) is 2. The van der Waals surface area contributed by atoms with E-state index < -0.39 is 0 Å². The fourth-order valence-corrected chi connectivity index (χ4v) is 1.65. The first-order valence-corrected chi connectivity index (χ1v) is 5.87. The highest BCUT2D eigenvalue weighted by molar-refractivity contribution is 5.44. The summed E-state index contributed by atoms with van der Waals surface area (Å²) in [5, 5.41) is 7.45. The van der Waals surface area contributed by atoms with E-state index in [9.17, 15) is 0 Å². The van der Waals surface area contributed by atoms with E-state index in [0.29, 0.717) is 5.78 Å². The van der Waals surface area contributed by atoms with Gasteiger partial charge < -0.3 is 11.1 Å². The third kappa shape index (κ3) is 2.71. The van der Waals surface area contributed by atoms with Crippen LogP contribution in [0.5, 0.6) is 0 Å². The van der Waals surface area contributed by atoms with E-state index in [4.69, 9.17) is 5.73 Å². The van der Waals surface area contributed by atoms with Crippen LogP contribution in [0.15, 0.2) is 12.4 Å². The normalized spacial score (nSPS) is 12.9. The van der Waals surface area contributed by atoms with Crippen molar-refractivity contribution in [3.8, 4) is 0 Å². The molecule has 0 saturated heterocycles. The van der Waals surface area contributed by atoms with Crippen molar-refractivity contribution >= 4 is 11.6 Å². The zero-order valence-electron chi connectivity index (χ0n) is 10.2. The first kappa shape index (κ1) is 11.8. The second kappa shape index (κ2) is 5.09. The molecule has 3 N–H and O–H groups in total. The molecule has 2 aromatic heterocycles. The van der Waals surface area contributed by atoms with Gasteiger partial charge in [0.1, 0.15) is 12.1 Å². The number of aryl methyl sites for hydroxylation is 1. The summed E-state index contributed by atoms with van der Waals surface area (Å²) in [6.07, 6.45) is 3.44. The molecular weight excluding hydrogens is 216 g/mol. The van der Waals surface area contributed by atoms with Gasteiger partial charge in [-0.05, 0) is 19.8 Å². The summed E-state index contributed by atoms with van der Waals surface area (Å²) in [5.41, 5.74) is 6.80. The number of nitrogens with two attached hydrogens (primary N) is 1. The molecule has 0 aliphatic heterocycles. The van der Waals surface area contributed by atoms with Gasteiger partial charge in [0.2, 0.25) is 0 Å². The molecule has 0 radical (unpaired) electrons. The van der Waals surface area contributed by atoms with Crippen molar-refractivity contribution in [1.82, 2.24) is 19.6 Å². The lowest BCUT2D eigenvalue weighted by Gasteiger charge is -2.11. The van der Waals surface area contributed by atoms with Crippen molar-refractivity contribution < 1.29 is 0 Å². The third-order valence-electron chi connectivity index (χ3n) is 2.73. The van der Waals surface area contributed by atoms with Crippen molar-refractivity contribution in [3.05, 3.63) is 18.1 Å². The van der Waals surface area contributed by atoms with Gasteiger partial charge in [0.05, 0.1) is 0 Å². The Hall–Kier alpha value is -1.69. The molecule has 2 aromatic rings. The Labute approximate surface area is 100 Å². The highest BCUT2D eigenvalue weighted by atomic mass is 15.3. The first-order chi connectivity index (χ1) is 8.20. The van der Waals surface area contributed by atoms with E-state index in [0.717, 1.165) is 30.9 Å². The molecule has 0 aliphatic rings. The Morgan fingerprint density at radius 3 is 3.12 bits per heavy atom. The molecule has 0 bridgehead atoms. The van der Waals surface area contributed by atoms with Gasteiger partial charge in [-0.25, -0.2) is 4.98 Å². The van der Waals surface area contributed by atoms with Gasteiger partial charge >= 0.3 is 0 Å². The van der Waals surface area contributed by atoms with Gasteiger partial charge in [-0.2, -0.15) is 14.6 Å². The maximum atomic E-state index is 5.87. The fourth-order valence-electron chi connectivity index (χ4n) is 1.65. The molecule has 0 aromatic carbocycles. The molecule has 0 fully saturated rings. The zero-order chi connectivity index (χ0) is 12.3. The summed E-state index contributed by atoms with van der Waals surface area (Å²) >= 11 is 0. The van der Waals surface area contributed by atoms with Crippen LogP contribution in [0.3, 0.4) is 0 Å². The molecule has 6 nitrogen and oxygen atoms in total. The second-order valence-corrected chi connectivity index (χ2v) is 4.14. The molecule has 17 heavy (non-hydrogen) atoms. The quantitative estimate of drug-likeness (QED) is 0.805. The molecule has 2 heterocycles. The summed E-state index contributed by atoms with van der Waals surface area (Å²) < 4.78 is 1.70. The molecule has 0 saturated carbocycles. The highest BCUT2D eigenvalue weighted by Crippen LogP contribution is 2.10. The summed E-state index contributed by atoms with van der Waals surface area (Å²) in [7, 11) is 0. The monoisotopic (exact) mass is 234 g/mol. The van der Waals surface area contributed by atoms with Crippen LogP contribution in [0.2, 0.25) is 0 Å². The van der Waals surface area contributed by atoms with Gasteiger partial charge in [0, 0.05) is 24.3 Å². The smallest absolute Gasteiger partial charge is 0.254 e. The largest absolute Gasteiger partial charge is 0.370 e. The van der Waals surface area contributed by atoms with Gasteiger partial charge in [-0.1, -0.05) is 6.92 Å². The molecule has 0 spiro atoms. The van der Waals surface area contributed by atoms with Crippen molar-refractivity contribution in [3.63, 3.8) is 0 Å². The topological polar surface area (TPSA) is 81.1 Å². The maximum absolute atomic E-state index is 5.87. The van der Waals surface area contributed by atoms with Crippen LogP contribution in [0.1, 0.15) is 25.5 Å². The predicted molar refractivity (Wildman–Crippen MR) is 66.9 cm³/mol. The van der Waals surface area contributed by atoms with Crippen molar-refractivity contribution in [1.29, 1.82) is 0 Å². The van der Waals surface area contributed by atoms with Crippen molar-refractivity contribution in [2.75, 3.05) is 11.9 Å². The van der Waals surface area contributed by atoms with Crippen LogP contribution in [0, 0.1) is 6.92 Å². The zero-order valence-corrected chi connectivity index (χ0v) is 10.2. The first-order valence-electron chi connectivity index (χ1n) is 5.87. The van der Waals surface area contributed by atoms with Crippen LogP contribution >= 0.6 is 0 Å². The number of rotatable bonds is 5. The Morgan fingerprint density at radius 2 is 2.35 bits per heavy atom. The van der Waals surface area contributed by atoms with E-state index in [-0.39, 0.29) is 6.04 Å². The molecular formula is C11H18N6. The lowest BCUT2D eigenvalue weighted by atomic mass is 10.2. The minimum Gasteiger partial charge on any atom is -0.370 e. The van der Waals surface area contributed by atoms with Gasteiger partial charge in [-0.3, -0.25) is 0 Å². The van der Waals surface area contributed by atoms with Crippen LogP contribution in [0.25, 0.3) is 5.78 Å². The lowest BCUT2D eigenvalue weighted by Crippen LogP contribution is -2.22. The van der Waals surface area contributed by atoms with E-state index in [1.807, 2.05) is 13.0 Å². The average Bonchev–Trinajstić information content (AvgIpc) is 2.76. The number of nitrogens with zero attached hydrogens (tertiary/aromatic N) is 4. The Kier molecular flexibility index (Phi) is 3.53. The molecule has 1 atom stereocenters. The van der Waals surface area contributed by atoms with Gasteiger partial charge in [-0.15, -0.1) is 0 Å². The van der Waals surface area contributed by atoms with Gasteiger partial charge in [0.15, 0.2) is 0 Å². The van der Waals surface area contributed by atoms with E-state index in [1.54, 1.807) is 4.52 Å². The Balaban J connectivity index is 2.09. The summed E-state index contributed by atoms with van der Waals surface area (Å²) in [4.78, 5) is 8.36. The fraction of sp³-hybridized carbons (Fsp3) is 0.545. The number of anilines is 1. The lowest BCUT2D eigenvalue weighted by molar-refractivity contribution is 0.612. The predicted octanol–water partition coefficient (Wildman–Crippen LogP) is 0.972. The van der Waals surface area contributed by atoms with Crippen LogP contribution < -0.4 is 11.1 Å². The molecule has 1 unspecified atom stereocenters. The van der Waals surface area contributed by atoms with E-state index in [1.165, 1.54) is 6.33 Å². The number of fused-ring (bicyclic) bond motifs is 1. The van der Waals surface area contributed by atoms with Crippen LogP contribution in [0.4, 0.5) is 5.82 Å². The van der Waals surface area contributed by atoms with Gasteiger partial charge in [0.25, 0.3) is 5.78 Å². The summed E-state index contributed by atoms with van der Waals surface area (Å²) in [5.74, 6) is 1.53. The van der Waals surface area contributed by atoms with Crippen LogP contribution in [-0.4, -0.2) is 32.2 Å². The third-order valence-corrected chi connectivity index (χ3v) is 2.73. The van der Waals surface area contributed by atoms with E-state index in [2.05, 4.69) is 27.3 Å². The summed E-state index contributed by atoms with van der Waals surface area (Å²) in [6.45, 7) is 4.86.